The van der Waals surface area contributed by atoms with Gasteiger partial charge >= 0.3 is 6.18 Å². The quantitative estimate of drug-likeness (QED) is 0.697. The first kappa shape index (κ1) is 20.5. The normalized spacial score (nSPS) is 14.9. The molecule has 3 rings (SSSR count). The van der Waals surface area contributed by atoms with Crippen LogP contribution < -0.4 is 0 Å². The van der Waals surface area contributed by atoms with E-state index in [2.05, 4.69) is 0 Å². The Labute approximate surface area is 169 Å². The molecule has 1 heterocycles. The van der Waals surface area contributed by atoms with E-state index in [1.54, 1.807) is 17.0 Å². The first-order chi connectivity index (χ1) is 13.2. The molecule has 1 saturated heterocycles. The number of halogens is 5. The molecule has 2 aromatic rings. The van der Waals surface area contributed by atoms with Crippen molar-refractivity contribution in [1.29, 1.82) is 0 Å². The summed E-state index contributed by atoms with van der Waals surface area (Å²) in [6, 6.07) is 8.70. The lowest BCUT2D eigenvalue weighted by molar-refractivity contribution is -0.137. The fraction of sp³-hybridized carbons (Fsp3) is 0.263. The summed E-state index contributed by atoms with van der Waals surface area (Å²) in [5.74, 6) is -0.631. The van der Waals surface area contributed by atoms with Crippen LogP contribution in [0.1, 0.15) is 26.3 Å². The van der Waals surface area contributed by atoms with Crippen molar-refractivity contribution in [2.24, 2.45) is 0 Å². The van der Waals surface area contributed by atoms with Gasteiger partial charge < -0.3 is 9.80 Å². The fourth-order valence-electron chi connectivity index (χ4n) is 2.93. The Morgan fingerprint density at radius 1 is 0.821 bits per heavy atom. The third-order valence-corrected chi connectivity index (χ3v) is 5.02. The molecule has 0 unspecified atom stereocenters. The van der Waals surface area contributed by atoms with Gasteiger partial charge in [-0.2, -0.15) is 13.2 Å². The molecule has 2 amide bonds. The zero-order chi connectivity index (χ0) is 20.5. The van der Waals surface area contributed by atoms with Gasteiger partial charge in [0, 0.05) is 36.8 Å². The molecule has 28 heavy (non-hydrogen) atoms. The van der Waals surface area contributed by atoms with Gasteiger partial charge in [0.1, 0.15) is 0 Å². The predicted molar refractivity (Wildman–Crippen MR) is 99.7 cm³/mol. The Morgan fingerprint density at radius 3 is 1.86 bits per heavy atom. The van der Waals surface area contributed by atoms with E-state index >= 15 is 0 Å². The van der Waals surface area contributed by atoms with Crippen molar-refractivity contribution in [3.63, 3.8) is 0 Å². The van der Waals surface area contributed by atoms with Crippen LogP contribution in [0.3, 0.4) is 0 Å². The van der Waals surface area contributed by atoms with Gasteiger partial charge in [0.15, 0.2) is 0 Å². The van der Waals surface area contributed by atoms with Crippen LogP contribution in [0.4, 0.5) is 13.2 Å². The SMILES string of the molecule is O=C(c1ccc(C(F)(F)F)cc1)N1CCN(C(=O)c2ccc(Cl)cc2Cl)CC1. The monoisotopic (exact) mass is 430 g/mol. The first-order valence-electron chi connectivity index (χ1n) is 8.37. The van der Waals surface area contributed by atoms with Crippen LogP contribution in [0.25, 0.3) is 0 Å². The second kappa shape index (κ2) is 8.01. The van der Waals surface area contributed by atoms with E-state index in [1.807, 2.05) is 0 Å². The summed E-state index contributed by atoms with van der Waals surface area (Å²) in [6.45, 7) is 1.14. The van der Waals surface area contributed by atoms with Crippen LogP contribution in [0.15, 0.2) is 42.5 Å². The summed E-state index contributed by atoms with van der Waals surface area (Å²) in [5, 5.41) is 0.675. The zero-order valence-corrected chi connectivity index (χ0v) is 16.0. The van der Waals surface area contributed by atoms with E-state index in [9.17, 15) is 22.8 Å². The van der Waals surface area contributed by atoms with Gasteiger partial charge in [-0.05, 0) is 42.5 Å². The minimum Gasteiger partial charge on any atom is -0.335 e. The summed E-state index contributed by atoms with van der Waals surface area (Å²) < 4.78 is 37.9. The van der Waals surface area contributed by atoms with Crippen LogP contribution in [-0.4, -0.2) is 47.8 Å². The van der Waals surface area contributed by atoms with Crippen molar-refractivity contribution in [3.05, 3.63) is 69.2 Å². The third kappa shape index (κ3) is 4.42. The molecule has 2 aromatic carbocycles. The Bertz CT molecular complexity index is 893. The van der Waals surface area contributed by atoms with E-state index in [0.29, 0.717) is 23.7 Å². The second-order valence-electron chi connectivity index (χ2n) is 6.28. The van der Waals surface area contributed by atoms with Gasteiger partial charge in [-0.15, -0.1) is 0 Å². The van der Waals surface area contributed by atoms with Crippen LogP contribution in [0.2, 0.25) is 10.0 Å². The van der Waals surface area contributed by atoms with Gasteiger partial charge in [0.25, 0.3) is 11.8 Å². The van der Waals surface area contributed by atoms with Crippen LogP contribution in [0.5, 0.6) is 0 Å². The number of benzene rings is 2. The smallest absolute Gasteiger partial charge is 0.335 e. The van der Waals surface area contributed by atoms with E-state index in [0.717, 1.165) is 24.3 Å². The zero-order valence-electron chi connectivity index (χ0n) is 14.5. The lowest BCUT2D eigenvalue weighted by Gasteiger charge is -2.35. The number of amides is 2. The molecule has 1 aliphatic rings. The maximum Gasteiger partial charge on any atom is 0.416 e. The number of carbonyl (C=O) groups is 2. The molecule has 1 aliphatic heterocycles. The molecule has 0 aliphatic carbocycles. The maximum atomic E-state index is 12.6. The number of alkyl halides is 3. The molecule has 0 radical (unpaired) electrons. The van der Waals surface area contributed by atoms with Crippen molar-refractivity contribution >= 4 is 35.0 Å². The number of rotatable bonds is 2. The van der Waals surface area contributed by atoms with Crippen LogP contribution in [-0.2, 0) is 6.18 Å². The molecule has 1 fully saturated rings. The number of nitrogens with zero attached hydrogens (tertiary/aromatic N) is 2. The number of piperazine rings is 1. The highest BCUT2D eigenvalue weighted by Gasteiger charge is 2.31. The van der Waals surface area contributed by atoms with Crippen molar-refractivity contribution < 1.29 is 22.8 Å². The van der Waals surface area contributed by atoms with E-state index in [1.165, 1.54) is 11.0 Å². The van der Waals surface area contributed by atoms with Crippen LogP contribution >= 0.6 is 23.2 Å². The van der Waals surface area contributed by atoms with Gasteiger partial charge in [-0.25, -0.2) is 0 Å². The van der Waals surface area contributed by atoms with Gasteiger partial charge in [0.2, 0.25) is 0 Å². The highest BCUT2D eigenvalue weighted by molar-refractivity contribution is 6.36. The van der Waals surface area contributed by atoms with E-state index in [-0.39, 0.29) is 35.5 Å². The third-order valence-electron chi connectivity index (χ3n) is 4.47. The molecule has 148 valence electrons. The first-order valence-corrected chi connectivity index (χ1v) is 9.13. The number of hydrogen-bond acceptors (Lipinski definition) is 2. The summed E-state index contributed by atoms with van der Waals surface area (Å²) in [5.41, 5.74) is -0.304. The van der Waals surface area contributed by atoms with Crippen molar-refractivity contribution in [3.8, 4) is 0 Å². The summed E-state index contributed by atoms with van der Waals surface area (Å²) >= 11 is 11.9. The lowest BCUT2D eigenvalue weighted by Crippen LogP contribution is -2.50. The molecular weight excluding hydrogens is 416 g/mol. The Balaban J connectivity index is 1.63. The fourth-order valence-corrected chi connectivity index (χ4v) is 3.42. The molecule has 4 nitrogen and oxygen atoms in total. The molecule has 0 spiro atoms. The second-order valence-corrected chi connectivity index (χ2v) is 7.13. The number of carbonyl (C=O) groups excluding carboxylic acids is 2. The summed E-state index contributed by atoms with van der Waals surface area (Å²) in [7, 11) is 0. The molecular formula is C19H15Cl2F3N2O2. The summed E-state index contributed by atoms with van der Waals surface area (Å²) in [6.07, 6.45) is -4.45. The minimum absolute atomic E-state index is 0.175. The number of hydrogen-bond donors (Lipinski definition) is 0. The van der Waals surface area contributed by atoms with Crippen molar-refractivity contribution in [2.75, 3.05) is 26.2 Å². The van der Waals surface area contributed by atoms with E-state index in [4.69, 9.17) is 23.2 Å². The maximum absolute atomic E-state index is 12.6. The average molecular weight is 431 g/mol. The van der Waals surface area contributed by atoms with Gasteiger partial charge in [-0.1, -0.05) is 23.2 Å². The highest BCUT2D eigenvalue weighted by atomic mass is 35.5. The molecule has 0 atom stereocenters. The topological polar surface area (TPSA) is 40.6 Å². The van der Waals surface area contributed by atoms with Gasteiger partial charge in [-0.3, -0.25) is 9.59 Å². The molecule has 0 N–H and O–H groups in total. The molecule has 0 aromatic heterocycles. The highest BCUT2D eigenvalue weighted by Crippen LogP contribution is 2.29. The van der Waals surface area contributed by atoms with Gasteiger partial charge in [0.05, 0.1) is 16.1 Å². The molecule has 0 saturated carbocycles. The van der Waals surface area contributed by atoms with Crippen molar-refractivity contribution in [1.82, 2.24) is 9.80 Å². The Kier molecular flexibility index (Phi) is 5.86. The largest absolute Gasteiger partial charge is 0.416 e. The molecule has 0 bridgehead atoms. The Morgan fingerprint density at radius 2 is 1.36 bits per heavy atom. The Hall–Kier alpha value is -2.25. The van der Waals surface area contributed by atoms with Crippen molar-refractivity contribution in [2.45, 2.75) is 6.18 Å². The average Bonchev–Trinajstić information content (AvgIpc) is 2.66. The minimum atomic E-state index is -4.45. The standard InChI is InChI=1S/C19H15Cl2F3N2O2/c20-14-5-6-15(16(21)11-14)18(28)26-9-7-25(8-10-26)17(27)12-1-3-13(4-2-12)19(22,23)24/h1-6,11H,7-10H2. The lowest BCUT2D eigenvalue weighted by atomic mass is 10.1. The molecule has 9 heteroatoms. The van der Waals surface area contributed by atoms with E-state index < -0.39 is 11.7 Å². The van der Waals surface area contributed by atoms with Crippen LogP contribution in [0, 0.1) is 0 Å². The predicted octanol–water partition coefficient (Wildman–Crippen LogP) is 4.61. The summed E-state index contributed by atoms with van der Waals surface area (Å²) in [4.78, 5) is 28.2.